The molecule has 0 fully saturated rings. The van der Waals surface area contributed by atoms with E-state index >= 15 is 0 Å². The second-order valence-electron chi connectivity index (χ2n) is 6.70. The summed E-state index contributed by atoms with van der Waals surface area (Å²) < 4.78 is 39.4. The van der Waals surface area contributed by atoms with Crippen LogP contribution in [-0.2, 0) is 11.0 Å². The molecule has 178 valence electrons. The van der Waals surface area contributed by atoms with Gasteiger partial charge in [0, 0.05) is 42.4 Å². The predicted molar refractivity (Wildman–Crippen MR) is 118 cm³/mol. The van der Waals surface area contributed by atoms with Crippen molar-refractivity contribution in [2.75, 3.05) is 11.9 Å². The Kier molecular flexibility index (Phi) is 7.40. The fraction of sp³-hybridized carbons (Fsp3) is 0.200. The summed E-state index contributed by atoms with van der Waals surface area (Å²) in [7, 11) is 0. The number of pyridine rings is 2. The maximum absolute atomic E-state index is 13.1. The lowest BCUT2D eigenvalue weighted by Crippen LogP contribution is -2.40. The Labute approximate surface area is 195 Å². The van der Waals surface area contributed by atoms with Gasteiger partial charge in [-0.05, 0) is 30.7 Å². The average Bonchev–Trinajstić information content (AvgIpc) is 3.28. The van der Waals surface area contributed by atoms with Crippen molar-refractivity contribution in [3.05, 3.63) is 47.4 Å². The molecule has 0 saturated carbocycles. The van der Waals surface area contributed by atoms with E-state index < -0.39 is 29.7 Å². The van der Waals surface area contributed by atoms with Crippen molar-refractivity contribution >= 4 is 35.0 Å². The zero-order valence-corrected chi connectivity index (χ0v) is 18.6. The van der Waals surface area contributed by atoms with Crippen molar-refractivity contribution in [2.24, 2.45) is 0 Å². The number of alkyl halides is 3. The van der Waals surface area contributed by atoms with Crippen LogP contribution in [0.3, 0.4) is 0 Å². The highest BCUT2D eigenvalue weighted by Crippen LogP contribution is 2.38. The smallest absolute Gasteiger partial charge is 0.338 e. The van der Waals surface area contributed by atoms with Gasteiger partial charge in [0.25, 0.3) is 5.91 Å². The van der Waals surface area contributed by atoms with Gasteiger partial charge in [0.15, 0.2) is 5.69 Å². The first-order valence-corrected chi connectivity index (χ1v) is 10.6. The Morgan fingerprint density at radius 1 is 1.09 bits per heavy atom. The molecule has 0 unspecified atom stereocenters. The van der Waals surface area contributed by atoms with Crippen molar-refractivity contribution in [3.63, 3.8) is 0 Å². The highest BCUT2D eigenvalue weighted by atomic mass is 32.1. The molecule has 0 aliphatic carbocycles. The highest BCUT2D eigenvalue weighted by Gasteiger charge is 2.34. The van der Waals surface area contributed by atoms with E-state index in [0.29, 0.717) is 17.7 Å². The normalized spacial score (nSPS) is 11.0. The van der Waals surface area contributed by atoms with Crippen LogP contribution in [0.15, 0.2) is 36.0 Å². The van der Waals surface area contributed by atoms with E-state index in [4.69, 9.17) is 0 Å². The SMILES string of the molecule is CCNC(=O)Nc1cc(-c2nc(C(F)(F)F)cs2)c(-c2ccnc(C(=O)NNC(C)=O)c2)cn1. The molecule has 0 aliphatic rings. The van der Waals surface area contributed by atoms with Crippen molar-refractivity contribution < 1.29 is 27.6 Å². The monoisotopic (exact) mass is 493 g/mol. The Morgan fingerprint density at radius 2 is 1.85 bits per heavy atom. The van der Waals surface area contributed by atoms with Crippen LogP contribution in [-0.4, -0.2) is 39.3 Å². The van der Waals surface area contributed by atoms with Crippen molar-refractivity contribution in [1.82, 2.24) is 31.1 Å². The molecular weight excluding hydrogens is 475 g/mol. The number of hydrazine groups is 1. The van der Waals surface area contributed by atoms with Gasteiger partial charge in [0.2, 0.25) is 5.91 Å². The van der Waals surface area contributed by atoms with Crippen LogP contribution in [0, 0.1) is 0 Å². The fourth-order valence-electron chi connectivity index (χ4n) is 2.71. The molecule has 0 aliphatic heterocycles. The summed E-state index contributed by atoms with van der Waals surface area (Å²) in [6, 6.07) is 3.77. The van der Waals surface area contributed by atoms with E-state index in [2.05, 4.69) is 36.4 Å². The lowest BCUT2D eigenvalue weighted by molar-refractivity contribution is -0.140. The summed E-state index contributed by atoms with van der Waals surface area (Å²) in [6.07, 6.45) is -1.96. The van der Waals surface area contributed by atoms with Crippen LogP contribution < -0.4 is 21.5 Å². The number of nitrogens with one attached hydrogen (secondary N) is 4. The first kappa shape index (κ1) is 24.6. The molecule has 10 nitrogen and oxygen atoms in total. The minimum absolute atomic E-state index is 0.0322. The third-order valence-corrected chi connectivity index (χ3v) is 5.04. The minimum atomic E-state index is -4.63. The number of nitrogens with zero attached hydrogens (tertiary/aromatic N) is 3. The van der Waals surface area contributed by atoms with Crippen molar-refractivity contribution in [3.8, 4) is 21.7 Å². The van der Waals surface area contributed by atoms with Gasteiger partial charge < -0.3 is 5.32 Å². The molecule has 34 heavy (non-hydrogen) atoms. The molecule has 4 amide bonds. The fourth-order valence-corrected chi connectivity index (χ4v) is 3.57. The van der Waals surface area contributed by atoms with Gasteiger partial charge in [-0.2, -0.15) is 13.2 Å². The summed E-state index contributed by atoms with van der Waals surface area (Å²) in [5, 5.41) is 5.95. The number of aromatic nitrogens is 3. The first-order valence-electron chi connectivity index (χ1n) is 9.69. The van der Waals surface area contributed by atoms with Gasteiger partial charge in [-0.25, -0.2) is 14.8 Å². The van der Waals surface area contributed by atoms with Gasteiger partial charge in [-0.15, -0.1) is 11.3 Å². The molecular formula is C20H18F3N7O3S. The van der Waals surface area contributed by atoms with Crippen molar-refractivity contribution in [2.45, 2.75) is 20.0 Å². The molecule has 0 atom stereocenters. The second-order valence-corrected chi connectivity index (χ2v) is 7.56. The average molecular weight is 493 g/mol. The van der Waals surface area contributed by atoms with Crippen LogP contribution in [0.4, 0.5) is 23.8 Å². The quantitative estimate of drug-likeness (QED) is 0.403. The Balaban J connectivity index is 2.05. The molecule has 0 aromatic carbocycles. The number of hydrogen-bond donors (Lipinski definition) is 4. The molecule has 3 heterocycles. The molecule has 0 bridgehead atoms. The molecule has 3 aromatic rings. The van der Waals surface area contributed by atoms with E-state index in [0.717, 1.165) is 16.7 Å². The van der Waals surface area contributed by atoms with Crippen LogP contribution in [0.1, 0.15) is 30.0 Å². The summed E-state index contributed by atoms with van der Waals surface area (Å²) >= 11 is 0.768. The van der Waals surface area contributed by atoms with Gasteiger partial charge in [-0.3, -0.25) is 30.7 Å². The topological polar surface area (TPSA) is 138 Å². The predicted octanol–water partition coefficient (Wildman–Crippen LogP) is 3.21. The van der Waals surface area contributed by atoms with Crippen LogP contribution in [0.25, 0.3) is 21.7 Å². The van der Waals surface area contributed by atoms with E-state index in [1.807, 2.05) is 0 Å². The lowest BCUT2D eigenvalue weighted by Gasteiger charge is -2.12. The van der Waals surface area contributed by atoms with E-state index in [1.54, 1.807) is 6.92 Å². The number of carbonyl (C=O) groups excluding carboxylic acids is 3. The number of halogens is 3. The lowest BCUT2D eigenvalue weighted by atomic mass is 10.0. The Morgan fingerprint density at radius 3 is 2.50 bits per heavy atom. The molecule has 14 heteroatoms. The Bertz CT molecular complexity index is 1230. The molecule has 3 aromatic heterocycles. The third-order valence-electron chi connectivity index (χ3n) is 4.16. The number of hydrogen-bond acceptors (Lipinski definition) is 7. The number of amides is 4. The maximum Gasteiger partial charge on any atom is 0.434 e. The number of anilines is 1. The van der Waals surface area contributed by atoms with Crippen molar-refractivity contribution in [1.29, 1.82) is 0 Å². The van der Waals surface area contributed by atoms with Crippen LogP contribution >= 0.6 is 11.3 Å². The summed E-state index contributed by atoms with van der Waals surface area (Å²) in [5.74, 6) is -1.10. The zero-order chi connectivity index (χ0) is 24.9. The molecule has 0 saturated heterocycles. The number of urea groups is 1. The van der Waals surface area contributed by atoms with Crippen LogP contribution in [0.5, 0.6) is 0 Å². The minimum Gasteiger partial charge on any atom is -0.338 e. The van der Waals surface area contributed by atoms with Gasteiger partial charge in [0.05, 0.1) is 0 Å². The largest absolute Gasteiger partial charge is 0.434 e. The Hall–Kier alpha value is -4.07. The number of carbonyl (C=O) groups is 3. The van der Waals surface area contributed by atoms with E-state index in [9.17, 15) is 27.6 Å². The van der Waals surface area contributed by atoms with Gasteiger partial charge >= 0.3 is 12.2 Å². The molecule has 4 N–H and O–H groups in total. The summed E-state index contributed by atoms with van der Waals surface area (Å²) in [6.45, 7) is 3.29. The summed E-state index contributed by atoms with van der Waals surface area (Å²) in [5.41, 5.74) is 4.21. The van der Waals surface area contributed by atoms with Crippen LogP contribution in [0.2, 0.25) is 0 Å². The standard InChI is InChI=1S/C20H18F3N7O3S/c1-3-24-19(33)28-16-7-12(18-27-15(9-34-18)20(21,22)23)13(8-26-16)11-4-5-25-14(6-11)17(32)30-29-10(2)31/h4-9H,3H2,1-2H3,(H,29,31)(H,30,32)(H2,24,26,28,33). The maximum atomic E-state index is 13.1. The highest BCUT2D eigenvalue weighted by molar-refractivity contribution is 7.13. The molecule has 3 rings (SSSR count). The summed E-state index contributed by atoms with van der Waals surface area (Å²) in [4.78, 5) is 46.9. The number of rotatable bonds is 5. The second kappa shape index (κ2) is 10.2. The first-order chi connectivity index (χ1) is 16.1. The third kappa shape index (κ3) is 6.04. The van der Waals surface area contributed by atoms with E-state index in [1.165, 1.54) is 37.5 Å². The van der Waals surface area contributed by atoms with Gasteiger partial charge in [-0.1, -0.05) is 0 Å². The zero-order valence-electron chi connectivity index (χ0n) is 17.8. The van der Waals surface area contributed by atoms with E-state index in [-0.39, 0.29) is 22.1 Å². The molecule has 0 radical (unpaired) electrons. The molecule has 0 spiro atoms. The van der Waals surface area contributed by atoms with Gasteiger partial charge in [0.1, 0.15) is 16.5 Å². The number of thiazole rings is 1.